The van der Waals surface area contributed by atoms with Crippen LogP contribution in [-0.2, 0) is 41.1 Å². The second-order valence-electron chi connectivity index (χ2n) is 18.0. The zero-order chi connectivity index (χ0) is 45.4. The first-order valence-corrected chi connectivity index (χ1v) is 23.5. The maximum atomic E-state index is 15.1. The third kappa shape index (κ3) is 6.49. The predicted octanol–water partition coefficient (Wildman–Crippen LogP) is 7.51. The van der Waals surface area contributed by atoms with Gasteiger partial charge in [0.05, 0.1) is 37.6 Å². The molecule has 12 rings (SSSR count). The monoisotopic (exact) mass is 908 g/mol. The highest BCUT2D eigenvalue weighted by Gasteiger charge is 2.62. The number of hydrogen-bond acceptors (Lipinski definition) is 14. The van der Waals surface area contributed by atoms with Gasteiger partial charge in [-0.05, 0) is 79.3 Å². The summed E-state index contributed by atoms with van der Waals surface area (Å²) < 4.78 is 45.3. The van der Waals surface area contributed by atoms with Gasteiger partial charge in [-0.15, -0.1) is 11.8 Å². The number of aryl methyl sites for hydroxylation is 1. The van der Waals surface area contributed by atoms with Gasteiger partial charge in [0.25, 0.3) is 0 Å². The van der Waals surface area contributed by atoms with Gasteiger partial charge < -0.3 is 38.3 Å². The van der Waals surface area contributed by atoms with Crippen LogP contribution in [0, 0.1) is 25.2 Å². The van der Waals surface area contributed by atoms with E-state index in [9.17, 15) is 10.4 Å². The number of aromatic hydroxyl groups is 1. The number of phenols is 1. The Labute approximate surface area is 388 Å². The van der Waals surface area contributed by atoms with E-state index in [1.54, 1.807) is 31.0 Å². The van der Waals surface area contributed by atoms with Crippen molar-refractivity contribution < 1.29 is 43.1 Å². The van der Waals surface area contributed by atoms with Crippen LogP contribution in [0.4, 0.5) is 0 Å². The van der Waals surface area contributed by atoms with Crippen molar-refractivity contribution in [2.24, 2.45) is 0 Å². The molecule has 13 nitrogen and oxygen atoms in total. The Balaban J connectivity index is 1.16. The number of piperazine rings is 1. The molecule has 7 atom stereocenters. The molecule has 66 heavy (non-hydrogen) atoms. The van der Waals surface area contributed by atoms with Gasteiger partial charge in [-0.2, -0.15) is 5.26 Å². The van der Waals surface area contributed by atoms with E-state index >= 15 is 4.79 Å². The molecule has 2 saturated heterocycles. The fourth-order valence-electron chi connectivity index (χ4n) is 11.7. The highest BCUT2D eigenvalue weighted by molar-refractivity contribution is 7.99. The van der Waals surface area contributed by atoms with Crippen LogP contribution in [-0.4, -0.2) is 86.0 Å². The number of benzene rings is 5. The SMILES string of the molecule is COc1cc2c(cc1O)CCN[C@]21CS[C@@H]2c3c(OCc4ccccc4)c(C)c4c(c3[C@H](COC1=O)N1C2C2c3c(cc(C)c(OC)c3OCc3ccccc3)C[C@@H]([C@@H]1C#N)N2C)OCO4. The molecule has 5 aromatic carbocycles. The number of rotatable bonds is 8. The molecule has 5 aromatic rings. The summed E-state index contributed by atoms with van der Waals surface area (Å²) in [5.41, 5.74) is 7.89. The number of nitriles is 1. The first-order valence-electron chi connectivity index (χ1n) is 22.5. The third-order valence-electron chi connectivity index (χ3n) is 14.6. The average Bonchev–Trinajstić information content (AvgIpc) is 3.83. The molecule has 7 aliphatic rings. The molecule has 2 unspecified atom stereocenters. The van der Waals surface area contributed by atoms with Crippen LogP contribution >= 0.6 is 11.8 Å². The van der Waals surface area contributed by atoms with Crippen molar-refractivity contribution in [1.29, 1.82) is 5.26 Å². The van der Waals surface area contributed by atoms with Crippen molar-refractivity contribution in [2.45, 2.75) is 80.9 Å². The summed E-state index contributed by atoms with van der Waals surface area (Å²) in [6.07, 6.45) is 1.18. The largest absolute Gasteiger partial charge is 0.504 e. The number of phenolic OH excluding ortho intramolecular Hbond substituents is 1. The summed E-state index contributed by atoms with van der Waals surface area (Å²) in [7, 11) is 5.32. The number of fused-ring (bicyclic) bond motifs is 9. The second kappa shape index (κ2) is 16.6. The summed E-state index contributed by atoms with van der Waals surface area (Å²) in [6.45, 7) is 5.10. The third-order valence-corrected chi connectivity index (χ3v) is 16.1. The Morgan fingerprint density at radius 1 is 0.879 bits per heavy atom. The van der Waals surface area contributed by atoms with Crippen LogP contribution in [0.15, 0.2) is 78.9 Å². The molecule has 7 aliphatic heterocycles. The van der Waals surface area contributed by atoms with Crippen molar-refractivity contribution in [3.63, 3.8) is 0 Å². The molecule has 0 aliphatic carbocycles. The smallest absolute Gasteiger partial charge is 0.331 e. The molecule has 2 fully saturated rings. The van der Waals surface area contributed by atoms with Crippen molar-refractivity contribution in [2.75, 3.05) is 47.0 Å². The molecule has 0 aromatic heterocycles. The van der Waals surface area contributed by atoms with Crippen LogP contribution in [0.3, 0.4) is 0 Å². The molecule has 1 spiro atoms. The number of carbonyl (C=O) groups is 1. The van der Waals surface area contributed by atoms with Gasteiger partial charge in [0, 0.05) is 46.6 Å². The lowest BCUT2D eigenvalue weighted by atomic mass is 9.71. The quantitative estimate of drug-likeness (QED) is 0.148. The normalized spacial score (nSPS) is 26.0. The molecule has 2 N–H and O–H groups in total. The molecule has 0 saturated carbocycles. The summed E-state index contributed by atoms with van der Waals surface area (Å²) in [6, 6.07) is 26.4. The summed E-state index contributed by atoms with van der Waals surface area (Å²) in [5.74, 6) is 3.28. The van der Waals surface area contributed by atoms with Gasteiger partial charge >= 0.3 is 5.97 Å². The van der Waals surface area contributed by atoms with E-state index in [0.717, 1.165) is 50.1 Å². The second-order valence-corrected chi connectivity index (χ2v) is 19.2. The van der Waals surface area contributed by atoms with E-state index in [4.69, 9.17) is 33.2 Å². The number of thioether (sulfide) groups is 1. The molecular weight excluding hydrogens is 857 g/mol. The van der Waals surface area contributed by atoms with E-state index < -0.39 is 34.9 Å². The highest BCUT2D eigenvalue weighted by Crippen LogP contribution is 2.65. The molecular formula is C52H52N4O9S. The van der Waals surface area contributed by atoms with Gasteiger partial charge in [0.1, 0.15) is 31.6 Å². The Hall–Kier alpha value is -6.11. The minimum Gasteiger partial charge on any atom is -0.504 e. The number of methoxy groups -OCH3 is 2. The van der Waals surface area contributed by atoms with Gasteiger partial charge in [0.2, 0.25) is 6.79 Å². The highest BCUT2D eigenvalue weighted by atomic mass is 32.2. The fraction of sp³-hybridized carbons (Fsp3) is 0.385. The summed E-state index contributed by atoms with van der Waals surface area (Å²) >= 11 is 1.64. The molecule has 4 bridgehead atoms. The zero-order valence-corrected chi connectivity index (χ0v) is 38.4. The first-order chi connectivity index (χ1) is 32.2. The minimum absolute atomic E-state index is 0.0128. The van der Waals surface area contributed by atoms with Crippen LogP contribution in [0.25, 0.3) is 0 Å². The van der Waals surface area contributed by atoms with E-state index in [2.05, 4.69) is 46.4 Å². The maximum absolute atomic E-state index is 15.1. The summed E-state index contributed by atoms with van der Waals surface area (Å²) in [4.78, 5) is 19.8. The lowest BCUT2D eigenvalue weighted by Crippen LogP contribution is -2.69. The lowest BCUT2D eigenvalue weighted by Gasteiger charge is -2.62. The van der Waals surface area contributed by atoms with E-state index in [1.807, 2.05) is 62.4 Å². The molecule has 7 heterocycles. The van der Waals surface area contributed by atoms with Crippen molar-refractivity contribution in [1.82, 2.24) is 15.1 Å². The summed E-state index contributed by atoms with van der Waals surface area (Å²) in [5, 5.41) is 25.6. The number of carbonyl (C=O) groups excluding carboxylic acids is 1. The minimum atomic E-state index is -1.31. The van der Waals surface area contributed by atoms with E-state index in [-0.39, 0.29) is 42.7 Å². The Morgan fingerprint density at radius 2 is 1.59 bits per heavy atom. The van der Waals surface area contributed by atoms with Crippen LogP contribution in [0.1, 0.15) is 73.0 Å². The predicted molar refractivity (Wildman–Crippen MR) is 247 cm³/mol. The van der Waals surface area contributed by atoms with Crippen LogP contribution in [0.5, 0.6) is 40.2 Å². The topological polar surface area (TPSA) is 144 Å². The lowest BCUT2D eigenvalue weighted by molar-refractivity contribution is -0.157. The van der Waals surface area contributed by atoms with Crippen LogP contribution < -0.4 is 33.7 Å². The van der Waals surface area contributed by atoms with Crippen molar-refractivity contribution in [3.05, 3.63) is 134 Å². The van der Waals surface area contributed by atoms with E-state index in [0.29, 0.717) is 66.9 Å². The average molecular weight is 909 g/mol. The molecule has 340 valence electrons. The number of esters is 1. The number of ether oxygens (including phenoxy) is 7. The molecule has 0 amide bonds. The standard InChI is InChI=1S/C52H52N4O9S/c1-28-18-33-19-35-36(22-53)56-37-25-63-51(58)52(34-21-39(59-4)38(57)20-32(34)16-17-54-52)26-66-50(42-41(37)49-47(64-27-65-49)29(2)46(42)61-23-30-12-8-6-9-13-30)44(56)43(55(35)3)40(33)48(45(28)60-5)62-24-31-14-10-7-11-15-31/h6-15,18,20-21,35-37,43-44,50,54,57H,16-17,19,23-27H2,1-5H3/t35-,36-,37-,43?,44?,50+,52+/m0/s1. The Morgan fingerprint density at radius 3 is 2.29 bits per heavy atom. The Kier molecular flexibility index (Phi) is 10.7. The molecule has 14 heteroatoms. The van der Waals surface area contributed by atoms with E-state index in [1.165, 1.54) is 7.11 Å². The van der Waals surface area contributed by atoms with Gasteiger partial charge in [0.15, 0.2) is 40.0 Å². The first kappa shape index (κ1) is 42.5. The fourth-order valence-corrected chi connectivity index (χ4v) is 13.4. The number of nitrogens with one attached hydrogen (secondary N) is 1. The van der Waals surface area contributed by atoms with Crippen molar-refractivity contribution in [3.8, 4) is 46.3 Å². The number of nitrogens with zero attached hydrogens (tertiary/aromatic N) is 3. The zero-order valence-electron chi connectivity index (χ0n) is 37.6. The van der Waals surface area contributed by atoms with Crippen LogP contribution in [0.2, 0.25) is 0 Å². The van der Waals surface area contributed by atoms with Gasteiger partial charge in [-0.1, -0.05) is 66.7 Å². The van der Waals surface area contributed by atoms with Gasteiger partial charge in [-0.25, -0.2) is 4.79 Å². The number of hydrogen-bond donors (Lipinski definition) is 2. The maximum Gasteiger partial charge on any atom is 0.331 e. The van der Waals surface area contributed by atoms with Gasteiger partial charge in [-0.3, -0.25) is 15.1 Å². The molecule has 0 radical (unpaired) electrons. The van der Waals surface area contributed by atoms with Crippen molar-refractivity contribution >= 4 is 17.7 Å². The number of likely N-dealkylation sites (N-methyl/N-ethyl adjacent to an activating group) is 1. The Bertz CT molecular complexity index is 2790.